The van der Waals surface area contributed by atoms with Gasteiger partial charge in [-0.1, -0.05) is 0 Å². The molecule has 35 heavy (non-hydrogen) atoms. The van der Waals surface area contributed by atoms with Crippen LogP contribution in [-0.2, 0) is 0 Å². The van der Waals surface area contributed by atoms with Crippen molar-refractivity contribution in [1.29, 1.82) is 0 Å². The first-order valence-electron chi connectivity index (χ1n) is 12.4. The van der Waals surface area contributed by atoms with E-state index in [4.69, 9.17) is 9.72 Å². The molecule has 5 rings (SSSR count). The van der Waals surface area contributed by atoms with Gasteiger partial charge in [-0.05, 0) is 57.7 Å². The van der Waals surface area contributed by atoms with Crippen LogP contribution in [0.2, 0.25) is 0 Å². The van der Waals surface area contributed by atoms with E-state index < -0.39 is 0 Å². The van der Waals surface area contributed by atoms with Crippen LogP contribution < -0.4 is 19.9 Å². The third-order valence-electron chi connectivity index (χ3n) is 7.38. The Bertz CT molecular complexity index is 1200. The van der Waals surface area contributed by atoms with Gasteiger partial charge in [0.05, 0.1) is 16.9 Å². The highest BCUT2D eigenvalue weighted by atomic mass is 19.1. The second-order valence-corrected chi connectivity index (χ2v) is 10.2. The van der Waals surface area contributed by atoms with Crippen LogP contribution >= 0.6 is 0 Å². The Labute approximate surface area is 206 Å². The molecule has 1 spiro atoms. The minimum absolute atomic E-state index is 0.224. The van der Waals surface area contributed by atoms with E-state index in [2.05, 4.69) is 33.2 Å². The molecule has 2 aliphatic heterocycles. The molecule has 3 aromatic rings. The zero-order valence-electron chi connectivity index (χ0n) is 21.1. The molecule has 2 saturated heterocycles. The van der Waals surface area contributed by atoms with Crippen LogP contribution in [0.3, 0.4) is 0 Å². The Hall–Kier alpha value is -2.97. The number of ether oxygens (including phenoxy) is 1. The number of halogens is 1. The highest BCUT2D eigenvalue weighted by Gasteiger charge is 2.42. The molecule has 1 N–H and O–H groups in total. The van der Waals surface area contributed by atoms with Gasteiger partial charge in [0.2, 0.25) is 5.88 Å². The molecule has 186 valence electrons. The quantitative estimate of drug-likeness (QED) is 0.521. The van der Waals surface area contributed by atoms with Crippen molar-refractivity contribution < 1.29 is 9.13 Å². The standard InChI is InChI=1S/C27H35FN6O/c1-29-9-12-35-26-6-5-19(16-30-26)22-14-24(34-11-8-27(18-34)7-10-33(4)17-27)20-13-21(28)25(32(2)3)15-23(20)31-22/h5-6,13-16,29H,7-12,17-18H2,1-4H3. The van der Waals surface area contributed by atoms with Crippen LogP contribution in [0.5, 0.6) is 5.88 Å². The summed E-state index contributed by atoms with van der Waals surface area (Å²) in [6.07, 6.45) is 4.18. The summed E-state index contributed by atoms with van der Waals surface area (Å²) in [5, 5.41) is 3.92. The number of likely N-dealkylation sites (N-methyl/N-ethyl adjacent to an activating group) is 1. The van der Waals surface area contributed by atoms with E-state index in [1.165, 1.54) is 6.42 Å². The average molecular weight is 479 g/mol. The molecular weight excluding hydrogens is 443 g/mol. The Morgan fingerprint density at radius 2 is 1.97 bits per heavy atom. The van der Waals surface area contributed by atoms with Crippen LogP contribution in [0.4, 0.5) is 15.8 Å². The molecule has 7 nitrogen and oxygen atoms in total. The predicted molar refractivity (Wildman–Crippen MR) is 140 cm³/mol. The second kappa shape index (κ2) is 9.59. The van der Waals surface area contributed by atoms with Crippen LogP contribution in [-0.4, -0.2) is 82.4 Å². The first kappa shape index (κ1) is 23.8. The number of likely N-dealkylation sites (tertiary alicyclic amines) is 1. The fourth-order valence-corrected chi connectivity index (χ4v) is 5.48. The van der Waals surface area contributed by atoms with Crippen LogP contribution in [0.25, 0.3) is 22.2 Å². The zero-order valence-corrected chi connectivity index (χ0v) is 21.1. The third-order valence-corrected chi connectivity index (χ3v) is 7.38. The monoisotopic (exact) mass is 478 g/mol. The van der Waals surface area contributed by atoms with E-state index in [0.29, 0.717) is 23.6 Å². The van der Waals surface area contributed by atoms with E-state index in [1.54, 1.807) is 17.2 Å². The second-order valence-electron chi connectivity index (χ2n) is 10.2. The van der Waals surface area contributed by atoms with Crippen LogP contribution in [0, 0.1) is 11.2 Å². The lowest BCUT2D eigenvalue weighted by molar-refractivity contribution is 0.306. The van der Waals surface area contributed by atoms with Crippen molar-refractivity contribution in [1.82, 2.24) is 20.2 Å². The molecule has 0 radical (unpaired) electrons. The van der Waals surface area contributed by atoms with Gasteiger partial charge in [0.1, 0.15) is 12.4 Å². The number of pyridine rings is 2. The third kappa shape index (κ3) is 4.77. The summed E-state index contributed by atoms with van der Waals surface area (Å²) in [5.74, 6) is 0.367. The van der Waals surface area contributed by atoms with Crippen molar-refractivity contribution in [3.05, 3.63) is 42.3 Å². The van der Waals surface area contributed by atoms with Gasteiger partial charge in [-0.25, -0.2) is 14.4 Å². The molecule has 0 amide bonds. The summed E-state index contributed by atoms with van der Waals surface area (Å²) in [7, 11) is 7.80. The summed E-state index contributed by atoms with van der Waals surface area (Å²) in [6.45, 7) is 5.55. The molecule has 1 atom stereocenters. The summed E-state index contributed by atoms with van der Waals surface area (Å²) in [6, 6.07) is 9.49. The fraction of sp³-hybridized carbons (Fsp3) is 0.481. The van der Waals surface area contributed by atoms with E-state index in [9.17, 15) is 0 Å². The smallest absolute Gasteiger partial charge is 0.213 e. The van der Waals surface area contributed by atoms with Gasteiger partial charge in [0.15, 0.2) is 0 Å². The van der Waals surface area contributed by atoms with Gasteiger partial charge in [0.25, 0.3) is 0 Å². The number of benzene rings is 1. The van der Waals surface area contributed by atoms with Crippen molar-refractivity contribution in [2.75, 3.05) is 77.3 Å². The number of fused-ring (bicyclic) bond motifs is 1. The highest BCUT2D eigenvalue weighted by molar-refractivity contribution is 5.96. The molecule has 0 saturated carbocycles. The van der Waals surface area contributed by atoms with Crippen molar-refractivity contribution in [2.45, 2.75) is 12.8 Å². The highest BCUT2D eigenvalue weighted by Crippen LogP contribution is 2.43. The maximum Gasteiger partial charge on any atom is 0.213 e. The molecule has 2 fully saturated rings. The summed E-state index contributed by atoms with van der Waals surface area (Å²) >= 11 is 0. The lowest BCUT2D eigenvalue weighted by Gasteiger charge is -2.26. The summed E-state index contributed by atoms with van der Waals surface area (Å²) in [4.78, 5) is 16.1. The van der Waals surface area contributed by atoms with E-state index in [-0.39, 0.29) is 5.82 Å². The molecule has 2 aromatic heterocycles. The minimum atomic E-state index is -0.224. The Morgan fingerprint density at radius 3 is 2.66 bits per heavy atom. The van der Waals surface area contributed by atoms with Gasteiger partial charge in [-0.15, -0.1) is 0 Å². The first-order chi connectivity index (χ1) is 16.9. The van der Waals surface area contributed by atoms with E-state index >= 15 is 4.39 Å². The van der Waals surface area contributed by atoms with Crippen LogP contribution in [0.15, 0.2) is 36.5 Å². The number of hydrogen-bond donors (Lipinski definition) is 1. The van der Waals surface area contributed by atoms with Crippen molar-refractivity contribution in [3.8, 4) is 17.1 Å². The molecule has 1 aromatic carbocycles. The Morgan fingerprint density at radius 1 is 1.14 bits per heavy atom. The van der Waals surface area contributed by atoms with E-state index in [0.717, 1.165) is 67.0 Å². The number of nitrogens with one attached hydrogen (secondary N) is 1. The van der Waals surface area contributed by atoms with Crippen molar-refractivity contribution in [2.24, 2.45) is 5.41 Å². The summed E-state index contributed by atoms with van der Waals surface area (Å²) < 4.78 is 20.7. The first-order valence-corrected chi connectivity index (χ1v) is 12.4. The molecule has 2 aliphatic rings. The maximum absolute atomic E-state index is 15.1. The minimum Gasteiger partial charge on any atom is -0.476 e. The maximum atomic E-state index is 15.1. The molecule has 0 bridgehead atoms. The fourth-order valence-electron chi connectivity index (χ4n) is 5.48. The molecule has 0 aliphatic carbocycles. The van der Waals surface area contributed by atoms with Gasteiger partial charge < -0.3 is 24.8 Å². The zero-order chi connectivity index (χ0) is 24.6. The van der Waals surface area contributed by atoms with Gasteiger partial charge in [0, 0.05) is 74.6 Å². The van der Waals surface area contributed by atoms with E-state index in [1.807, 2.05) is 39.3 Å². The topological polar surface area (TPSA) is 56.8 Å². The average Bonchev–Trinajstić information content (AvgIpc) is 3.43. The molecule has 8 heteroatoms. The number of anilines is 2. The Kier molecular flexibility index (Phi) is 6.51. The van der Waals surface area contributed by atoms with Gasteiger partial charge in [-0.3, -0.25) is 0 Å². The number of aromatic nitrogens is 2. The Balaban J connectivity index is 1.54. The molecular formula is C27H35FN6O. The lowest BCUT2D eigenvalue weighted by Crippen LogP contribution is -2.29. The SMILES string of the molecule is CNCCOc1ccc(-c2cc(N3CCC4(CCN(C)C4)C3)c3cc(F)c(N(C)C)cc3n2)cn1. The van der Waals surface area contributed by atoms with Gasteiger partial charge >= 0.3 is 0 Å². The van der Waals surface area contributed by atoms with Crippen molar-refractivity contribution in [3.63, 3.8) is 0 Å². The molecule has 1 unspecified atom stereocenters. The number of hydrogen-bond acceptors (Lipinski definition) is 7. The van der Waals surface area contributed by atoms with Crippen LogP contribution in [0.1, 0.15) is 12.8 Å². The van der Waals surface area contributed by atoms with Gasteiger partial charge in [-0.2, -0.15) is 0 Å². The van der Waals surface area contributed by atoms with Crippen molar-refractivity contribution >= 4 is 22.3 Å². The normalized spacial score (nSPS) is 20.3. The number of rotatable bonds is 7. The largest absolute Gasteiger partial charge is 0.476 e. The lowest BCUT2D eigenvalue weighted by atomic mass is 9.86. The predicted octanol–water partition coefficient (Wildman–Crippen LogP) is 3.63. The molecule has 4 heterocycles. The number of nitrogens with zero attached hydrogens (tertiary/aromatic N) is 5. The summed E-state index contributed by atoms with van der Waals surface area (Å²) in [5.41, 5.74) is 4.45.